The molecule has 1 aromatic carbocycles. The van der Waals surface area contributed by atoms with Crippen molar-refractivity contribution in [2.75, 3.05) is 5.32 Å². The fourth-order valence-electron chi connectivity index (χ4n) is 1.53. The highest BCUT2D eigenvalue weighted by atomic mass is 15.3. The van der Waals surface area contributed by atoms with Crippen LogP contribution < -0.4 is 5.32 Å². The van der Waals surface area contributed by atoms with Crippen LogP contribution in [0.2, 0.25) is 0 Å². The van der Waals surface area contributed by atoms with Gasteiger partial charge < -0.3 is 5.32 Å². The van der Waals surface area contributed by atoms with Gasteiger partial charge >= 0.3 is 0 Å². The molecule has 4 heteroatoms. The van der Waals surface area contributed by atoms with Crippen molar-refractivity contribution in [3.63, 3.8) is 0 Å². The molecular formula is C12H16N4. The highest BCUT2D eigenvalue weighted by Gasteiger charge is 2.09. The van der Waals surface area contributed by atoms with Crippen molar-refractivity contribution >= 4 is 5.69 Å². The standard InChI is InChI=1S/C12H16N4/c1-12(2,3)14-10-6-4-5-9(7-10)11-8-13-16-15-11/h4-8,14H,1-3H3,(H,13,15,16). The fraction of sp³-hybridized carbons (Fsp3) is 0.333. The summed E-state index contributed by atoms with van der Waals surface area (Å²) in [6, 6.07) is 8.15. The summed E-state index contributed by atoms with van der Waals surface area (Å²) < 4.78 is 0. The van der Waals surface area contributed by atoms with Crippen molar-refractivity contribution in [1.29, 1.82) is 0 Å². The molecule has 0 spiro atoms. The van der Waals surface area contributed by atoms with Crippen LogP contribution in [-0.2, 0) is 0 Å². The van der Waals surface area contributed by atoms with Crippen molar-refractivity contribution in [2.24, 2.45) is 0 Å². The van der Waals surface area contributed by atoms with Gasteiger partial charge in [0.05, 0.1) is 6.20 Å². The van der Waals surface area contributed by atoms with Gasteiger partial charge in [-0.2, -0.15) is 15.4 Å². The number of hydrogen-bond acceptors (Lipinski definition) is 3. The number of anilines is 1. The van der Waals surface area contributed by atoms with Crippen molar-refractivity contribution < 1.29 is 0 Å². The van der Waals surface area contributed by atoms with Gasteiger partial charge in [-0.15, -0.1) is 0 Å². The summed E-state index contributed by atoms with van der Waals surface area (Å²) in [6.45, 7) is 6.40. The first-order chi connectivity index (χ1) is 7.54. The maximum Gasteiger partial charge on any atom is 0.112 e. The molecule has 84 valence electrons. The molecule has 0 saturated heterocycles. The zero-order valence-corrected chi connectivity index (χ0v) is 9.78. The monoisotopic (exact) mass is 216 g/mol. The Morgan fingerprint density at radius 3 is 2.69 bits per heavy atom. The molecule has 0 saturated carbocycles. The number of rotatable bonds is 2. The average Bonchev–Trinajstić information content (AvgIpc) is 2.68. The first-order valence-electron chi connectivity index (χ1n) is 5.29. The molecule has 0 bridgehead atoms. The third-order valence-electron chi connectivity index (χ3n) is 2.09. The second-order valence-corrected chi connectivity index (χ2v) is 4.81. The quantitative estimate of drug-likeness (QED) is 0.811. The lowest BCUT2D eigenvalue weighted by atomic mass is 10.1. The number of nitrogens with zero attached hydrogens (tertiary/aromatic N) is 2. The molecule has 2 rings (SSSR count). The normalized spacial score (nSPS) is 11.4. The first-order valence-corrected chi connectivity index (χ1v) is 5.29. The largest absolute Gasteiger partial charge is 0.380 e. The van der Waals surface area contributed by atoms with Crippen molar-refractivity contribution in [3.05, 3.63) is 30.5 Å². The molecule has 16 heavy (non-hydrogen) atoms. The van der Waals surface area contributed by atoms with Crippen molar-refractivity contribution in [3.8, 4) is 11.3 Å². The van der Waals surface area contributed by atoms with E-state index in [-0.39, 0.29) is 5.54 Å². The highest BCUT2D eigenvalue weighted by Crippen LogP contribution is 2.21. The maximum atomic E-state index is 4.06. The second-order valence-electron chi connectivity index (χ2n) is 4.81. The van der Waals surface area contributed by atoms with E-state index in [1.54, 1.807) is 6.20 Å². The number of aromatic amines is 1. The average molecular weight is 216 g/mol. The summed E-state index contributed by atoms with van der Waals surface area (Å²) in [7, 11) is 0. The third-order valence-corrected chi connectivity index (χ3v) is 2.09. The Labute approximate surface area is 95.1 Å². The van der Waals surface area contributed by atoms with Crippen molar-refractivity contribution in [2.45, 2.75) is 26.3 Å². The lowest BCUT2D eigenvalue weighted by Gasteiger charge is -2.22. The smallest absolute Gasteiger partial charge is 0.112 e. The Bertz CT molecular complexity index is 454. The number of H-pyrrole nitrogens is 1. The van der Waals surface area contributed by atoms with Crippen LogP contribution in [0.15, 0.2) is 30.5 Å². The molecule has 1 heterocycles. The SMILES string of the molecule is CC(C)(C)Nc1cccc(-c2cn[nH]n2)c1. The van der Waals surface area contributed by atoms with E-state index in [0.29, 0.717) is 0 Å². The topological polar surface area (TPSA) is 53.6 Å². The summed E-state index contributed by atoms with van der Waals surface area (Å²) in [6.07, 6.45) is 1.72. The van der Waals surface area contributed by atoms with E-state index in [9.17, 15) is 0 Å². The summed E-state index contributed by atoms with van der Waals surface area (Å²) in [5.41, 5.74) is 3.07. The van der Waals surface area contributed by atoms with Gasteiger partial charge in [0.1, 0.15) is 5.69 Å². The molecule has 0 aliphatic carbocycles. The minimum Gasteiger partial charge on any atom is -0.380 e. The minimum atomic E-state index is 0.0580. The van der Waals surface area contributed by atoms with Crippen LogP contribution in [0.5, 0.6) is 0 Å². The number of aromatic nitrogens is 3. The molecule has 0 unspecified atom stereocenters. The summed E-state index contributed by atoms with van der Waals surface area (Å²) in [5.74, 6) is 0. The van der Waals surface area contributed by atoms with Gasteiger partial charge in [0, 0.05) is 16.8 Å². The molecule has 0 aliphatic rings. The van der Waals surface area contributed by atoms with Crippen LogP contribution in [0, 0.1) is 0 Å². The van der Waals surface area contributed by atoms with Crippen LogP contribution in [0.1, 0.15) is 20.8 Å². The van der Waals surface area contributed by atoms with E-state index in [0.717, 1.165) is 16.9 Å². The summed E-state index contributed by atoms with van der Waals surface area (Å²) >= 11 is 0. The lowest BCUT2D eigenvalue weighted by molar-refractivity contribution is 0.634. The molecule has 0 radical (unpaired) electrons. The molecule has 0 atom stereocenters. The predicted octanol–water partition coefficient (Wildman–Crippen LogP) is 2.68. The van der Waals surface area contributed by atoms with E-state index >= 15 is 0 Å². The van der Waals surface area contributed by atoms with E-state index in [1.165, 1.54) is 0 Å². The Morgan fingerprint density at radius 2 is 2.06 bits per heavy atom. The van der Waals surface area contributed by atoms with Gasteiger partial charge in [-0.25, -0.2) is 0 Å². The molecule has 2 N–H and O–H groups in total. The van der Waals surface area contributed by atoms with E-state index in [4.69, 9.17) is 0 Å². The van der Waals surface area contributed by atoms with Gasteiger partial charge in [-0.05, 0) is 32.9 Å². The fourth-order valence-corrected chi connectivity index (χ4v) is 1.53. The maximum absolute atomic E-state index is 4.06. The molecule has 0 aliphatic heterocycles. The summed E-state index contributed by atoms with van der Waals surface area (Å²) in [4.78, 5) is 0. The molecule has 4 nitrogen and oxygen atoms in total. The van der Waals surface area contributed by atoms with Crippen LogP contribution in [-0.4, -0.2) is 20.9 Å². The predicted molar refractivity (Wildman–Crippen MR) is 65.2 cm³/mol. The Kier molecular flexibility index (Phi) is 2.64. The van der Waals surface area contributed by atoms with Crippen molar-refractivity contribution in [1.82, 2.24) is 15.4 Å². The van der Waals surface area contributed by atoms with Crippen LogP contribution >= 0.6 is 0 Å². The van der Waals surface area contributed by atoms with E-state index < -0.39 is 0 Å². The zero-order valence-electron chi connectivity index (χ0n) is 9.78. The Balaban J connectivity index is 2.27. The molecular weight excluding hydrogens is 200 g/mol. The van der Waals surface area contributed by atoms with Gasteiger partial charge in [-0.1, -0.05) is 12.1 Å². The Hall–Kier alpha value is -1.84. The Morgan fingerprint density at radius 1 is 1.25 bits per heavy atom. The third kappa shape index (κ3) is 2.59. The van der Waals surface area contributed by atoms with Gasteiger partial charge in [0.15, 0.2) is 0 Å². The van der Waals surface area contributed by atoms with Crippen LogP contribution in [0.4, 0.5) is 5.69 Å². The highest BCUT2D eigenvalue weighted by molar-refractivity contribution is 5.64. The molecule has 1 aromatic heterocycles. The van der Waals surface area contributed by atoms with Gasteiger partial charge in [0.25, 0.3) is 0 Å². The van der Waals surface area contributed by atoms with Gasteiger partial charge in [-0.3, -0.25) is 0 Å². The van der Waals surface area contributed by atoms with E-state index in [2.05, 4.69) is 53.6 Å². The summed E-state index contributed by atoms with van der Waals surface area (Å²) in [5, 5.41) is 13.9. The van der Waals surface area contributed by atoms with E-state index in [1.807, 2.05) is 12.1 Å². The van der Waals surface area contributed by atoms with Gasteiger partial charge in [0.2, 0.25) is 0 Å². The number of benzene rings is 1. The second kappa shape index (κ2) is 3.96. The van der Waals surface area contributed by atoms with Crippen LogP contribution in [0.25, 0.3) is 11.3 Å². The minimum absolute atomic E-state index is 0.0580. The molecule has 0 amide bonds. The number of nitrogens with one attached hydrogen (secondary N) is 2. The number of hydrogen-bond donors (Lipinski definition) is 2. The first kappa shape index (κ1) is 10.7. The lowest BCUT2D eigenvalue weighted by Crippen LogP contribution is -2.25. The molecule has 2 aromatic rings. The van der Waals surface area contributed by atoms with Crippen LogP contribution in [0.3, 0.4) is 0 Å². The molecule has 0 fully saturated rings. The zero-order chi connectivity index (χ0) is 11.6.